The fraction of sp³-hybridized carbons (Fsp3) is 0.333. The molecular weight excluding hydrogens is 198 g/mol. The average molecular weight is 209 g/mol. The Hall–Kier alpha value is -1.50. The molecule has 0 amide bonds. The lowest BCUT2D eigenvalue weighted by Crippen LogP contribution is -2.22. The van der Waals surface area contributed by atoms with Gasteiger partial charge in [0.05, 0.1) is 18.3 Å². The number of nitrogens with zero attached hydrogens (tertiary/aromatic N) is 2. The van der Waals surface area contributed by atoms with Gasteiger partial charge < -0.3 is 15.3 Å². The highest BCUT2D eigenvalue weighted by molar-refractivity contribution is 5.73. The maximum Gasteiger partial charge on any atom is 0.109 e. The normalized spacial score (nSPS) is 15.4. The van der Waals surface area contributed by atoms with E-state index >= 15 is 0 Å². The summed E-state index contributed by atoms with van der Waals surface area (Å²) >= 11 is 0. The second-order valence-electron chi connectivity index (χ2n) is 3.27. The molecule has 0 fully saturated rings. The van der Waals surface area contributed by atoms with Gasteiger partial charge in [0.15, 0.2) is 0 Å². The van der Waals surface area contributed by atoms with Crippen molar-refractivity contribution >= 4 is 11.0 Å². The first kappa shape index (κ1) is 10.0. The van der Waals surface area contributed by atoms with Crippen LogP contribution >= 0.6 is 0 Å². The number of hydrogen-bond donors (Lipinski definition) is 4. The molecule has 6 heteroatoms. The van der Waals surface area contributed by atoms with E-state index < -0.39 is 18.8 Å². The van der Waals surface area contributed by atoms with E-state index in [2.05, 4.69) is 15.2 Å². The molecule has 2 rings (SSSR count). The highest BCUT2D eigenvalue weighted by Gasteiger charge is 2.18. The molecule has 2 unspecified atom stereocenters. The van der Waals surface area contributed by atoms with Crippen molar-refractivity contribution in [3.8, 4) is 0 Å². The number of aromatic nitrogens is 3. The first-order valence-corrected chi connectivity index (χ1v) is 4.48. The Balaban J connectivity index is 2.35. The van der Waals surface area contributed by atoms with Crippen LogP contribution in [0.3, 0.4) is 0 Å². The number of fused-ring (bicyclic) bond motifs is 1. The third kappa shape index (κ3) is 1.82. The summed E-state index contributed by atoms with van der Waals surface area (Å²) in [6.07, 6.45) is 0.664. The maximum atomic E-state index is 9.60. The fourth-order valence-electron chi connectivity index (χ4n) is 1.33. The van der Waals surface area contributed by atoms with E-state index in [1.54, 1.807) is 12.3 Å². The van der Waals surface area contributed by atoms with E-state index in [1.807, 2.05) is 0 Å². The second kappa shape index (κ2) is 3.93. The molecule has 80 valence electrons. The summed E-state index contributed by atoms with van der Waals surface area (Å²) in [6.45, 7) is -0.498. The van der Waals surface area contributed by atoms with Gasteiger partial charge >= 0.3 is 0 Å². The number of nitrogens with one attached hydrogen (secondary N) is 1. The van der Waals surface area contributed by atoms with Gasteiger partial charge in [-0.05, 0) is 6.07 Å². The predicted molar refractivity (Wildman–Crippen MR) is 51.9 cm³/mol. The van der Waals surface area contributed by atoms with E-state index in [0.717, 1.165) is 0 Å². The quantitative estimate of drug-likeness (QED) is 0.537. The standard InChI is InChI=1S/C9H11N3O3/c13-4-8(14)9(15)5-1-6-7(10-2-5)3-11-12-6/h1-3,8-9,13-15H,4H2,(H,11,12). The molecule has 4 N–H and O–H groups in total. The Morgan fingerprint density at radius 2 is 2.13 bits per heavy atom. The fourth-order valence-corrected chi connectivity index (χ4v) is 1.33. The van der Waals surface area contributed by atoms with Crippen LogP contribution in [0, 0.1) is 0 Å². The highest BCUT2D eigenvalue weighted by Crippen LogP contribution is 2.18. The van der Waals surface area contributed by atoms with Gasteiger partial charge in [0.1, 0.15) is 17.7 Å². The van der Waals surface area contributed by atoms with Gasteiger partial charge in [-0.2, -0.15) is 5.10 Å². The maximum absolute atomic E-state index is 9.60. The second-order valence-corrected chi connectivity index (χ2v) is 3.27. The first-order valence-electron chi connectivity index (χ1n) is 4.48. The Morgan fingerprint density at radius 3 is 2.87 bits per heavy atom. The molecule has 0 spiro atoms. The van der Waals surface area contributed by atoms with Crippen LogP contribution in [0.15, 0.2) is 18.5 Å². The summed E-state index contributed by atoms with van der Waals surface area (Å²) in [7, 11) is 0. The van der Waals surface area contributed by atoms with Crippen molar-refractivity contribution in [1.29, 1.82) is 0 Å². The van der Waals surface area contributed by atoms with Crippen molar-refractivity contribution in [3.05, 3.63) is 24.0 Å². The van der Waals surface area contributed by atoms with Gasteiger partial charge in [-0.15, -0.1) is 0 Å². The van der Waals surface area contributed by atoms with Gasteiger partial charge in [0, 0.05) is 11.8 Å². The summed E-state index contributed by atoms with van der Waals surface area (Å²) < 4.78 is 0. The largest absolute Gasteiger partial charge is 0.394 e. The van der Waals surface area contributed by atoms with Gasteiger partial charge in [0.25, 0.3) is 0 Å². The van der Waals surface area contributed by atoms with Crippen LogP contribution in [-0.2, 0) is 0 Å². The molecule has 6 nitrogen and oxygen atoms in total. The SMILES string of the molecule is OCC(O)C(O)c1cnc2cn[nH]c2c1. The molecule has 0 radical (unpaired) electrons. The zero-order valence-corrected chi connectivity index (χ0v) is 7.83. The van der Waals surface area contributed by atoms with Crippen LogP contribution in [0.4, 0.5) is 0 Å². The lowest BCUT2D eigenvalue weighted by atomic mass is 10.1. The molecule has 2 heterocycles. The molecule has 0 bridgehead atoms. The summed E-state index contributed by atoms with van der Waals surface area (Å²) in [5.41, 5.74) is 1.80. The molecule has 0 aliphatic rings. The molecule has 0 saturated heterocycles. The minimum absolute atomic E-state index is 0.438. The zero-order chi connectivity index (χ0) is 10.8. The smallest absolute Gasteiger partial charge is 0.109 e. The molecular formula is C9H11N3O3. The third-order valence-corrected chi connectivity index (χ3v) is 2.20. The van der Waals surface area contributed by atoms with E-state index in [-0.39, 0.29) is 0 Å². The molecule has 0 saturated carbocycles. The van der Waals surface area contributed by atoms with Crippen LogP contribution in [0.2, 0.25) is 0 Å². The number of aromatic amines is 1. The number of H-pyrrole nitrogens is 1. The topological polar surface area (TPSA) is 102 Å². The van der Waals surface area contributed by atoms with Gasteiger partial charge in [-0.25, -0.2) is 0 Å². The monoisotopic (exact) mass is 209 g/mol. The predicted octanol–water partition coefficient (Wildman–Crippen LogP) is -0.656. The van der Waals surface area contributed by atoms with Crippen LogP contribution in [0.1, 0.15) is 11.7 Å². The van der Waals surface area contributed by atoms with Crippen molar-refractivity contribution in [2.75, 3.05) is 6.61 Å². The lowest BCUT2D eigenvalue weighted by Gasteiger charge is -2.15. The van der Waals surface area contributed by atoms with Crippen LogP contribution in [-0.4, -0.2) is 43.2 Å². The van der Waals surface area contributed by atoms with Crippen molar-refractivity contribution < 1.29 is 15.3 Å². The summed E-state index contributed by atoms with van der Waals surface area (Å²) in [4.78, 5) is 4.03. The Labute approximate surface area is 85.2 Å². The molecule has 0 aliphatic heterocycles. The molecule has 2 aromatic rings. The number of aliphatic hydroxyl groups is 3. The highest BCUT2D eigenvalue weighted by atomic mass is 16.4. The van der Waals surface area contributed by atoms with E-state index in [9.17, 15) is 10.2 Å². The van der Waals surface area contributed by atoms with Gasteiger partial charge in [0.2, 0.25) is 0 Å². The van der Waals surface area contributed by atoms with Crippen molar-refractivity contribution in [2.45, 2.75) is 12.2 Å². The minimum atomic E-state index is -1.20. The lowest BCUT2D eigenvalue weighted by molar-refractivity contribution is -0.0153. The first-order chi connectivity index (χ1) is 7.22. The third-order valence-electron chi connectivity index (χ3n) is 2.20. The Morgan fingerprint density at radius 1 is 1.33 bits per heavy atom. The minimum Gasteiger partial charge on any atom is -0.394 e. The molecule has 2 atom stereocenters. The van der Waals surface area contributed by atoms with E-state index in [1.165, 1.54) is 6.20 Å². The number of rotatable bonds is 3. The number of pyridine rings is 1. The Kier molecular flexibility index (Phi) is 2.63. The number of aliphatic hydroxyl groups excluding tert-OH is 3. The molecule has 15 heavy (non-hydrogen) atoms. The van der Waals surface area contributed by atoms with E-state index in [0.29, 0.717) is 16.6 Å². The van der Waals surface area contributed by atoms with Crippen molar-refractivity contribution in [3.63, 3.8) is 0 Å². The van der Waals surface area contributed by atoms with Gasteiger partial charge in [-0.3, -0.25) is 10.1 Å². The summed E-state index contributed by atoms with van der Waals surface area (Å²) in [5.74, 6) is 0. The molecule has 0 aromatic carbocycles. The van der Waals surface area contributed by atoms with Crippen molar-refractivity contribution in [1.82, 2.24) is 15.2 Å². The molecule has 0 aliphatic carbocycles. The zero-order valence-electron chi connectivity index (χ0n) is 7.83. The molecule has 2 aromatic heterocycles. The Bertz CT molecular complexity index is 457. The van der Waals surface area contributed by atoms with Crippen LogP contribution < -0.4 is 0 Å². The average Bonchev–Trinajstić information content (AvgIpc) is 2.73. The number of hydrogen-bond acceptors (Lipinski definition) is 5. The van der Waals surface area contributed by atoms with Crippen LogP contribution in [0.5, 0.6) is 0 Å². The summed E-state index contributed by atoms with van der Waals surface area (Å²) in [6, 6.07) is 1.64. The van der Waals surface area contributed by atoms with Crippen LogP contribution in [0.25, 0.3) is 11.0 Å². The van der Waals surface area contributed by atoms with Crippen molar-refractivity contribution in [2.24, 2.45) is 0 Å². The summed E-state index contributed by atoms with van der Waals surface area (Å²) in [5, 5.41) is 34.0. The van der Waals surface area contributed by atoms with E-state index in [4.69, 9.17) is 5.11 Å². The van der Waals surface area contributed by atoms with Gasteiger partial charge in [-0.1, -0.05) is 0 Å².